The van der Waals surface area contributed by atoms with Crippen LogP contribution < -0.4 is 5.32 Å². The molecule has 158 valence electrons. The third-order valence-electron chi connectivity index (χ3n) is 3.42. The number of nitrogens with zero attached hydrogens (tertiary/aromatic N) is 1. The van der Waals surface area contributed by atoms with Gasteiger partial charge in [0.05, 0.1) is 26.4 Å². The summed E-state index contributed by atoms with van der Waals surface area (Å²) in [6.45, 7) is 9.43. The van der Waals surface area contributed by atoms with E-state index < -0.39 is 20.7 Å². The molecule has 0 saturated heterocycles. The fourth-order valence-electron chi connectivity index (χ4n) is 2.36. The molecule has 8 nitrogen and oxygen atoms in total. The Kier molecular flexibility index (Phi) is 11.3. The van der Waals surface area contributed by atoms with Gasteiger partial charge in [-0.25, -0.2) is 4.98 Å². The second-order valence-electron chi connectivity index (χ2n) is 5.50. The SMILES string of the molecule is CCCCc1cnc(NC(P(=O)(OCC)OCC)P(=O)(OCC)OCC)s1. The van der Waals surface area contributed by atoms with Gasteiger partial charge in [-0.1, -0.05) is 13.3 Å². The van der Waals surface area contributed by atoms with Crippen LogP contribution in [0.1, 0.15) is 52.3 Å². The van der Waals surface area contributed by atoms with Crippen molar-refractivity contribution in [3.8, 4) is 0 Å². The van der Waals surface area contributed by atoms with Crippen molar-refractivity contribution < 1.29 is 27.2 Å². The molecular formula is C16H32N2O6P2S. The predicted octanol–water partition coefficient (Wildman–Crippen LogP) is 5.71. The Hall–Kier alpha value is -0.270. The van der Waals surface area contributed by atoms with Crippen LogP contribution in [0, 0.1) is 0 Å². The molecule has 27 heavy (non-hydrogen) atoms. The average molecular weight is 442 g/mol. The number of aryl methyl sites for hydroxylation is 1. The van der Waals surface area contributed by atoms with Gasteiger partial charge in [0.15, 0.2) is 5.13 Å². The van der Waals surface area contributed by atoms with Gasteiger partial charge in [0, 0.05) is 11.1 Å². The fourth-order valence-corrected chi connectivity index (χ4v) is 8.32. The Labute approximate surface area is 166 Å². The van der Waals surface area contributed by atoms with Gasteiger partial charge in [0.25, 0.3) is 0 Å². The molecule has 1 aromatic rings. The summed E-state index contributed by atoms with van der Waals surface area (Å²) >= 11 is 1.42. The molecule has 0 bridgehead atoms. The molecule has 11 heteroatoms. The Balaban J connectivity index is 3.25. The summed E-state index contributed by atoms with van der Waals surface area (Å²) in [6.07, 6.45) is 4.80. The third kappa shape index (κ3) is 7.24. The lowest BCUT2D eigenvalue weighted by molar-refractivity contribution is 0.198. The Bertz CT molecular complexity index is 592. The molecule has 0 spiro atoms. The first-order chi connectivity index (χ1) is 12.9. The van der Waals surface area contributed by atoms with Gasteiger partial charge in [-0.3, -0.25) is 9.13 Å². The van der Waals surface area contributed by atoms with Crippen LogP contribution in [0.25, 0.3) is 0 Å². The number of anilines is 1. The molecule has 0 fully saturated rings. The second-order valence-corrected chi connectivity index (χ2v) is 11.3. The van der Waals surface area contributed by atoms with Crippen LogP contribution in [0.4, 0.5) is 5.13 Å². The minimum Gasteiger partial charge on any atom is -0.338 e. The fraction of sp³-hybridized carbons (Fsp3) is 0.812. The van der Waals surface area contributed by atoms with E-state index in [0.29, 0.717) is 5.13 Å². The molecule has 1 N–H and O–H groups in total. The third-order valence-corrected chi connectivity index (χ3v) is 10.0. The molecule has 0 unspecified atom stereocenters. The van der Waals surface area contributed by atoms with Crippen LogP contribution in [0.3, 0.4) is 0 Å². The normalized spacial score (nSPS) is 12.7. The maximum Gasteiger partial charge on any atom is 0.365 e. The van der Waals surface area contributed by atoms with Gasteiger partial charge in [-0.2, -0.15) is 0 Å². The molecular weight excluding hydrogens is 410 g/mol. The lowest BCUT2D eigenvalue weighted by atomic mass is 10.2. The van der Waals surface area contributed by atoms with E-state index in [0.717, 1.165) is 24.1 Å². The van der Waals surface area contributed by atoms with Crippen LogP contribution in [-0.4, -0.2) is 36.9 Å². The first-order valence-corrected chi connectivity index (χ1v) is 13.4. The first kappa shape index (κ1) is 24.8. The van der Waals surface area contributed by atoms with E-state index in [-0.39, 0.29) is 26.4 Å². The lowest BCUT2D eigenvalue weighted by Crippen LogP contribution is -2.25. The summed E-state index contributed by atoms with van der Waals surface area (Å²) in [4.78, 5) is 5.41. The van der Waals surface area contributed by atoms with Crippen molar-refractivity contribution in [2.24, 2.45) is 0 Å². The molecule has 0 radical (unpaired) electrons. The molecule has 0 atom stereocenters. The van der Waals surface area contributed by atoms with Crippen molar-refractivity contribution in [3.63, 3.8) is 0 Å². The van der Waals surface area contributed by atoms with E-state index >= 15 is 0 Å². The number of hydrogen-bond donors (Lipinski definition) is 1. The molecule has 0 saturated carbocycles. The van der Waals surface area contributed by atoms with Gasteiger partial charge in [-0.05, 0) is 40.5 Å². The summed E-state index contributed by atoms with van der Waals surface area (Å²) in [5.74, 6) is 0. The Morgan fingerprint density at radius 3 is 1.85 bits per heavy atom. The smallest absolute Gasteiger partial charge is 0.338 e. The van der Waals surface area contributed by atoms with Gasteiger partial charge < -0.3 is 23.4 Å². The highest BCUT2D eigenvalue weighted by Crippen LogP contribution is 2.70. The second kappa shape index (κ2) is 12.3. The number of nitrogens with one attached hydrogen (secondary N) is 1. The van der Waals surface area contributed by atoms with E-state index in [1.54, 1.807) is 33.9 Å². The minimum absolute atomic E-state index is 0.132. The van der Waals surface area contributed by atoms with Crippen LogP contribution in [0.15, 0.2) is 6.20 Å². The summed E-state index contributed by atoms with van der Waals surface area (Å²) in [5, 5.41) is 3.45. The molecule has 0 amide bonds. The van der Waals surface area contributed by atoms with Crippen LogP contribution >= 0.6 is 26.5 Å². The van der Waals surface area contributed by atoms with E-state index in [1.807, 2.05) is 0 Å². The van der Waals surface area contributed by atoms with Crippen molar-refractivity contribution in [1.82, 2.24) is 4.98 Å². The van der Waals surface area contributed by atoms with Crippen molar-refractivity contribution in [2.75, 3.05) is 31.7 Å². The van der Waals surface area contributed by atoms with Crippen LogP contribution in [-0.2, 0) is 33.6 Å². The van der Waals surface area contributed by atoms with Gasteiger partial charge in [0.2, 0.25) is 5.52 Å². The Morgan fingerprint density at radius 1 is 0.963 bits per heavy atom. The summed E-state index contributed by atoms with van der Waals surface area (Å²) in [7, 11) is -7.69. The van der Waals surface area contributed by atoms with E-state index in [1.165, 1.54) is 11.3 Å². The maximum atomic E-state index is 13.4. The maximum absolute atomic E-state index is 13.4. The average Bonchev–Trinajstić information content (AvgIpc) is 3.06. The highest BCUT2D eigenvalue weighted by Gasteiger charge is 2.51. The number of aromatic nitrogens is 1. The topological polar surface area (TPSA) is 96.0 Å². The van der Waals surface area contributed by atoms with Gasteiger partial charge in [0.1, 0.15) is 0 Å². The molecule has 1 rings (SSSR count). The number of rotatable bonds is 15. The monoisotopic (exact) mass is 442 g/mol. The Morgan fingerprint density at radius 2 is 1.44 bits per heavy atom. The summed E-state index contributed by atoms with van der Waals surface area (Å²) in [5.41, 5.74) is -1.30. The highest BCUT2D eigenvalue weighted by atomic mass is 32.1. The van der Waals surface area contributed by atoms with Crippen molar-refractivity contribution in [1.29, 1.82) is 0 Å². The van der Waals surface area contributed by atoms with E-state index in [2.05, 4.69) is 17.2 Å². The number of thiazole rings is 1. The molecule has 0 aliphatic heterocycles. The molecule has 0 aliphatic carbocycles. The summed E-state index contributed by atoms with van der Waals surface area (Å²) in [6, 6.07) is 0. The predicted molar refractivity (Wildman–Crippen MR) is 110 cm³/mol. The van der Waals surface area contributed by atoms with Gasteiger partial charge in [-0.15, -0.1) is 11.3 Å². The number of unbranched alkanes of at least 4 members (excludes halogenated alkanes) is 1. The molecule has 1 heterocycles. The lowest BCUT2D eigenvalue weighted by Gasteiger charge is -2.31. The van der Waals surface area contributed by atoms with Gasteiger partial charge >= 0.3 is 15.2 Å². The number of hydrogen-bond acceptors (Lipinski definition) is 9. The first-order valence-electron chi connectivity index (χ1n) is 9.37. The molecule has 1 aromatic heterocycles. The zero-order valence-corrected chi connectivity index (χ0v) is 19.4. The summed E-state index contributed by atoms with van der Waals surface area (Å²) < 4.78 is 48.6. The van der Waals surface area contributed by atoms with Crippen molar-refractivity contribution >= 4 is 31.7 Å². The zero-order chi connectivity index (χ0) is 20.3. The van der Waals surface area contributed by atoms with Crippen molar-refractivity contribution in [3.05, 3.63) is 11.1 Å². The van der Waals surface area contributed by atoms with Crippen LogP contribution in [0.5, 0.6) is 0 Å². The largest absolute Gasteiger partial charge is 0.365 e. The standard InChI is InChI=1S/C16H32N2O6P2S/c1-6-11-12-14-13-17-15(27-14)18-16(25(19,21-7-2)22-8-3)26(20,23-9-4)24-10-5/h13,16H,6-12H2,1-5H3,(H,17,18). The molecule has 0 aliphatic rings. The highest BCUT2D eigenvalue weighted by molar-refractivity contribution is 7.73. The van der Waals surface area contributed by atoms with Crippen LogP contribution in [0.2, 0.25) is 0 Å². The minimum atomic E-state index is -3.85. The van der Waals surface area contributed by atoms with E-state index in [9.17, 15) is 9.13 Å². The van der Waals surface area contributed by atoms with E-state index in [4.69, 9.17) is 18.1 Å². The quantitative estimate of drug-likeness (QED) is 0.345. The zero-order valence-electron chi connectivity index (χ0n) is 16.8. The van der Waals surface area contributed by atoms with Crippen molar-refractivity contribution in [2.45, 2.75) is 59.4 Å². The molecule has 0 aromatic carbocycles.